The number of nitrogens with one attached hydrogen (secondary N) is 2. The largest absolute Gasteiger partial charge is 0.354 e. The Hall–Kier alpha value is -0.950. The molecule has 2 fully saturated rings. The molecule has 1 unspecified atom stereocenters. The van der Waals surface area contributed by atoms with Gasteiger partial charge in [0.15, 0.2) is 0 Å². The zero-order chi connectivity index (χ0) is 14.6. The standard InChI is InChI=1S/C13H21F2N3O2.ClH/c14-13(15)8-10(17-9-13)12(20)16-5-4-11(19)18-6-2-1-3-7-18;/h10,17H,1-9H2,(H,16,20);1H. The summed E-state index contributed by atoms with van der Waals surface area (Å²) in [6, 6.07) is -0.852. The molecule has 0 spiro atoms. The third-order valence-electron chi connectivity index (χ3n) is 3.77. The number of nitrogens with zero attached hydrogens (tertiary/aromatic N) is 1. The predicted octanol–water partition coefficient (Wildman–Crippen LogP) is 0.924. The van der Waals surface area contributed by atoms with E-state index in [4.69, 9.17) is 0 Å². The highest BCUT2D eigenvalue weighted by Gasteiger charge is 2.42. The number of halogens is 3. The van der Waals surface area contributed by atoms with Crippen LogP contribution in [0.25, 0.3) is 0 Å². The van der Waals surface area contributed by atoms with E-state index < -0.39 is 30.8 Å². The average molecular weight is 326 g/mol. The molecule has 0 aliphatic carbocycles. The van der Waals surface area contributed by atoms with Crippen LogP contribution in [0.2, 0.25) is 0 Å². The van der Waals surface area contributed by atoms with Gasteiger partial charge in [0.05, 0.1) is 12.6 Å². The number of carbonyl (C=O) groups excluding carboxylic acids is 2. The lowest BCUT2D eigenvalue weighted by Gasteiger charge is -2.26. The lowest BCUT2D eigenvalue weighted by molar-refractivity contribution is -0.132. The third kappa shape index (κ3) is 5.39. The maximum Gasteiger partial charge on any atom is 0.262 e. The van der Waals surface area contributed by atoms with E-state index >= 15 is 0 Å². The molecule has 0 aromatic rings. The number of likely N-dealkylation sites (tertiary alicyclic amines) is 1. The summed E-state index contributed by atoms with van der Waals surface area (Å²) in [5.74, 6) is -3.24. The van der Waals surface area contributed by atoms with E-state index in [0.717, 1.165) is 32.4 Å². The molecule has 5 nitrogen and oxygen atoms in total. The van der Waals surface area contributed by atoms with Crippen LogP contribution in [0.4, 0.5) is 8.78 Å². The fourth-order valence-electron chi connectivity index (χ4n) is 2.62. The minimum Gasteiger partial charge on any atom is -0.354 e. The summed E-state index contributed by atoms with van der Waals surface area (Å²) < 4.78 is 25.9. The van der Waals surface area contributed by atoms with Crippen molar-refractivity contribution in [3.63, 3.8) is 0 Å². The van der Waals surface area contributed by atoms with E-state index in [9.17, 15) is 18.4 Å². The first-order chi connectivity index (χ1) is 9.48. The second kappa shape index (κ2) is 7.89. The number of amides is 2. The highest BCUT2D eigenvalue weighted by molar-refractivity contribution is 5.85. The van der Waals surface area contributed by atoms with Gasteiger partial charge in [-0.2, -0.15) is 0 Å². The van der Waals surface area contributed by atoms with E-state index in [2.05, 4.69) is 10.6 Å². The highest BCUT2D eigenvalue weighted by atomic mass is 35.5. The van der Waals surface area contributed by atoms with Crippen LogP contribution in [0.15, 0.2) is 0 Å². The van der Waals surface area contributed by atoms with Gasteiger partial charge in [-0.1, -0.05) is 0 Å². The van der Waals surface area contributed by atoms with Crippen LogP contribution in [0.5, 0.6) is 0 Å². The van der Waals surface area contributed by atoms with Crippen LogP contribution >= 0.6 is 12.4 Å². The first-order valence-corrected chi connectivity index (χ1v) is 7.15. The number of carbonyl (C=O) groups is 2. The van der Waals surface area contributed by atoms with Crippen molar-refractivity contribution in [2.24, 2.45) is 0 Å². The van der Waals surface area contributed by atoms with E-state index in [0.29, 0.717) is 0 Å². The van der Waals surface area contributed by atoms with E-state index in [1.165, 1.54) is 0 Å². The molecule has 8 heteroatoms. The van der Waals surface area contributed by atoms with Gasteiger partial charge in [-0.25, -0.2) is 8.78 Å². The molecule has 0 saturated carbocycles. The molecule has 21 heavy (non-hydrogen) atoms. The van der Waals surface area contributed by atoms with Gasteiger partial charge < -0.3 is 10.2 Å². The molecule has 2 rings (SSSR count). The summed E-state index contributed by atoms with van der Waals surface area (Å²) in [7, 11) is 0. The van der Waals surface area contributed by atoms with Crippen molar-refractivity contribution in [3.05, 3.63) is 0 Å². The minimum atomic E-state index is -2.81. The predicted molar refractivity (Wildman–Crippen MR) is 76.7 cm³/mol. The Labute approximate surface area is 129 Å². The number of hydrogen-bond acceptors (Lipinski definition) is 3. The number of alkyl halides is 2. The van der Waals surface area contributed by atoms with Crippen LogP contribution in [-0.2, 0) is 9.59 Å². The summed E-state index contributed by atoms with van der Waals surface area (Å²) in [5.41, 5.74) is 0. The monoisotopic (exact) mass is 325 g/mol. The summed E-state index contributed by atoms with van der Waals surface area (Å²) in [4.78, 5) is 25.3. The van der Waals surface area contributed by atoms with E-state index in [1.807, 2.05) is 0 Å². The van der Waals surface area contributed by atoms with Crippen molar-refractivity contribution >= 4 is 24.2 Å². The molecule has 122 valence electrons. The van der Waals surface area contributed by atoms with Crippen molar-refractivity contribution in [3.8, 4) is 0 Å². The third-order valence-corrected chi connectivity index (χ3v) is 3.77. The van der Waals surface area contributed by atoms with Crippen molar-refractivity contribution in [1.29, 1.82) is 0 Å². The molecular formula is C13H22ClF2N3O2. The van der Waals surface area contributed by atoms with Gasteiger partial charge in [0, 0.05) is 32.5 Å². The molecule has 2 amide bonds. The van der Waals surface area contributed by atoms with Crippen LogP contribution in [0.1, 0.15) is 32.1 Å². The molecule has 2 aliphatic heterocycles. The second-order valence-electron chi connectivity index (χ2n) is 5.48. The van der Waals surface area contributed by atoms with Crippen LogP contribution < -0.4 is 10.6 Å². The smallest absolute Gasteiger partial charge is 0.262 e. The van der Waals surface area contributed by atoms with Gasteiger partial charge in [0.25, 0.3) is 5.92 Å². The molecule has 0 radical (unpaired) electrons. The van der Waals surface area contributed by atoms with Crippen molar-refractivity contribution in [1.82, 2.24) is 15.5 Å². The second-order valence-corrected chi connectivity index (χ2v) is 5.48. The lowest BCUT2D eigenvalue weighted by Crippen LogP contribution is -2.42. The lowest BCUT2D eigenvalue weighted by atomic mass is 10.1. The Morgan fingerprint density at radius 2 is 1.90 bits per heavy atom. The Morgan fingerprint density at radius 1 is 1.24 bits per heavy atom. The summed E-state index contributed by atoms with van der Waals surface area (Å²) in [6.07, 6.45) is 2.97. The van der Waals surface area contributed by atoms with Crippen LogP contribution in [0.3, 0.4) is 0 Å². The number of rotatable bonds is 4. The molecule has 2 saturated heterocycles. The number of piperidine rings is 1. The SMILES string of the molecule is Cl.O=C(NCCC(=O)N1CCCCC1)C1CC(F)(F)CN1. The molecule has 0 aromatic heterocycles. The molecule has 0 bridgehead atoms. The normalized spacial score (nSPS) is 24.3. The van der Waals surface area contributed by atoms with Crippen LogP contribution in [0, 0.1) is 0 Å². The maximum absolute atomic E-state index is 12.9. The molecule has 1 atom stereocenters. The fraction of sp³-hybridized carbons (Fsp3) is 0.846. The molecule has 2 heterocycles. The fourth-order valence-corrected chi connectivity index (χ4v) is 2.62. The van der Waals surface area contributed by atoms with Crippen LogP contribution in [-0.4, -0.2) is 54.9 Å². The first kappa shape index (κ1) is 18.1. The summed E-state index contributed by atoms with van der Waals surface area (Å²) in [5, 5.41) is 5.04. The highest BCUT2D eigenvalue weighted by Crippen LogP contribution is 2.24. The zero-order valence-corrected chi connectivity index (χ0v) is 12.7. The Balaban J connectivity index is 0.00000220. The topological polar surface area (TPSA) is 61.4 Å². The molecule has 2 aliphatic rings. The Morgan fingerprint density at radius 3 is 2.48 bits per heavy atom. The van der Waals surface area contributed by atoms with Gasteiger partial charge >= 0.3 is 0 Å². The number of hydrogen-bond donors (Lipinski definition) is 2. The average Bonchev–Trinajstić information content (AvgIpc) is 2.80. The molecule has 2 N–H and O–H groups in total. The van der Waals surface area contributed by atoms with Gasteiger partial charge in [-0.05, 0) is 19.3 Å². The van der Waals surface area contributed by atoms with E-state index in [-0.39, 0.29) is 31.3 Å². The minimum absolute atomic E-state index is 0. The van der Waals surface area contributed by atoms with Crippen molar-refractivity contribution in [2.75, 3.05) is 26.2 Å². The summed E-state index contributed by atoms with van der Waals surface area (Å²) >= 11 is 0. The Kier molecular flexibility index (Phi) is 6.80. The van der Waals surface area contributed by atoms with Gasteiger partial charge in [0.1, 0.15) is 0 Å². The van der Waals surface area contributed by atoms with E-state index in [1.54, 1.807) is 4.90 Å². The van der Waals surface area contributed by atoms with Gasteiger partial charge in [-0.3, -0.25) is 14.9 Å². The molecular weight excluding hydrogens is 304 g/mol. The van der Waals surface area contributed by atoms with Gasteiger partial charge in [-0.15, -0.1) is 12.4 Å². The summed E-state index contributed by atoms with van der Waals surface area (Å²) in [6.45, 7) is 1.31. The quantitative estimate of drug-likeness (QED) is 0.808. The van der Waals surface area contributed by atoms with Gasteiger partial charge in [0.2, 0.25) is 11.8 Å². The maximum atomic E-state index is 12.9. The van der Waals surface area contributed by atoms with Crippen molar-refractivity contribution in [2.45, 2.75) is 44.1 Å². The first-order valence-electron chi connectivity index (χ1n) is 7.15. The zero-order valence-electron chi connectivity index (χ0n) is 11.9. The Bertz CT molecular complexity index is 376. The molecule has 0 aromatic carbocycles. The van der Waals surface area contributed by atoms with Crippen molar-refractivity contribution < 1.29 is 18.4 Å².